The topological polar surface area (TPSA) is 46.4 Å². The Morgan fingerprint density at radius 2 is 2.09 bits per heavy atom. The molecule has 3 rings (SSSR count). The number of aryl methyl sites for hydroxylation is 2. The predicted molar refractivity (Wildman–Crippen MR) is 93.1 cm³/mol. The van der Waals surface area contributed by atoms with Crippen molar-refractivity contribution >= 4 is 28.8 Å². The summed E-state index contributed by atoms with van der Waals surface area (Å²) in [5, 5.41) is 3.66. The number of carbonyl (C=O) groups is 1. The van der Waals surface area contributed by atoms with Crippen LogP contribution in [-0.4, -0.2) is 15.3 Å². The van der Waals surface area contributed by atoms with Crippen molar-refractivity contribution in [2.45, 2.75) is 26.7 Å². The standard InChI is InChI=1S/C18H18ClN3O/c1-3-13-6-4-5-12(2)18(13)21-17(23)9-15-11-22-10-14(19)7-8-16(22)20-15/h4-8,10-11H,3,9H2,1-2H3,(H,21,23). The van der Waals surface area contributed by atoms with Gasteiger partial charge in [-0.3, -0.25) is 4.79 Å². The fraction of sp³-hybridized carbons (Fsp3) is 0.222. The number of halogens is 1. The molecule has 23 heavy (non-hydrogen) atoms. The molecule has 4 nitrogen and oxygen atoms in total. The van der Waals surface area contributed by atoms with Crippen LogP contribution in [0.1, 0.15) is 23.7 Å². The Morgan fingerprint density at radius 3 is 2.87 bits per heavy atom. The third-order valence-electron chi connectivity index (χ3n) is 3.81. The summed E-state index contributed by atoms with van der Waals surface area (Å²) in [6, 6.07) is 9.67. The number of hydrogen-bond donors (Lipinski definition) is 1. The molecule has 1 N–H and O–H groups in total. The predicted octanol–water partition coefficient (Wildman–Crippen LogP) is 4.04. The molecule has 118 valence electrons. The van der Waals surface area contributed by atoms with Gasteiger partial charge in [0.2, 0.25) is 5.91 Å². The molecule has 0 aliphatic heterocycles. The molecule has 0 radical (unpaired) electrons. The lowest BCUT2D eigenvalue weighted by Crippen LogP contribution is -2.16. The molecule has 0 aliphatic rings. The zero-order chi connectivity index (χ0) is 16.4. The average molecular weight is 328 g/mol. The zero-order valence-electron chi connectivity index (χ0n) is 13.1. The Bertz CT molecular complexity index is 870. The molecule has 0 atom stereocenters. The van der Waals surface area contributed by atoms with E-state index in [-0.39, 0.29) is 12.3 Å². The Hall–Kier alpha value is -2.33. The van der Waals surface area contributed by atoms with Crippen molar-refractivity contribution in [3.8, 4) is 0 Å². The minimum absolute atomic E-state index is 0.0662. The third kappa shape index (κ3) is 3.37. The summed E-state index contributed by atoms with van der Waals surface area (Å²) in [5.41, 5.74) is 4.62. The summed E-state index contributed by atoms with van der Waals surface area (Å²) < 4.78 is 1.83. The van der Waals surface area contributed by atoms with Gasteiger partial charge in [0.25, 0.3) is 0 Å². The van der Waals surface area contributed by atoms with Gasteiger partial charge in [-0.2, -0.15) is 0 Å². The summed E-state index contributed by atoms with van der Waals surface area (Å²) in [6.45, 7) is 4.08. The quantitative estimate of drug-likeness (QED) is 0.786. The van der Waals surface area contributed by atoms with Crippen LogP contribution in [0.2, 0.25) is 5.02 Å². The van der Waals surface area contributed by atoms with Crippen LogP contribution < -0.4 is 5.32 Å². The number of rotatable bonds is 4. The number of carbonyl (C=O) groups excluding carboxylic acids is 1. The molecule has 5 heteroatoms. The van der Waals surface area contributed by atoms with Gasteiger partial charge >= 0.3 is 0 Å². The summed E-state index contributed by atoms with van der Waals surface area (Å²) >= 11 is 5.96. The Labute approximate surface area is 140 Å². The summed E-state index contributed by atoms with van der Waals surface area (Å²) in [4.78, 5) is 16.8. The smallest absolute Gasteiger partial charge is 0.230 e. The number of imidazole rings is 1. The highest BCUT2D eigenvalue weighted by Gasteiger charge is 2.11. The van der Waals surface area contributed by atoms with Crippen LogP contribution in [0.4, 0.5) is 5.69 Å². The molecule has 0 fully saturated rings. The van der Waals surface area contributed by atoms with E-state index in [1.807, 2.05) is 41.8 Å². The maximum absolute atomic E-state index is 12.4. The van der Waals surface area contributed by atoms with Gasteiger partial charge < -0.3 is 9.72 Å². The van der Waals surface area contributed by atoms with Crippen molar-refractivity contribution in [1.82, 2.24) is 9.38 Å². The fourth-order valence-corrected chi connectivity index (χ4v) is 2.82. The number of nitrogens with zero attached hydrogens (tertiary/aromatic N) is 2. The van der Waals surface area contributed by atoms with E-state index in [9.17, 15) is 4.79 Å². The fourth-order valence-electron chi connectivity index (χ4n) is 2.65. The number of fused-ring (bicyclic) bond motifs is 1. The van der Waals surface area contributed by atoms with Crippen molar-refractivity contribution in [3.63, 3.8) is 0 Å². The highest BCUT2D eigenvalue weighted by atomic mass is 35.5. The van der Waals surface area contributed by atoms with E-state index in [1.165, 1.54) is 0 Å². The number of amides is 1. The number of aromatic nitrogens is 2. The van der Waals surface area contributed by atoms with Crippen LogP contribution in [0.5, 0.6) is 0 Å². The largest absolute Gasteiger partial charge is 0.325 e. The minimum Gasteiger partial charge on any atom is -0.325 e. The molecule has 0 unspecified atom stereocenters. The molecule has 0 saturated carbocycles. The van der Waals surface area contributed by atoms with Gasteiger partial charge in [0, 0.05) is 18.1 Å². The average Bonchev–Trinajstić information content (AvgIpc) is 2.90. The van der Waals surface area contributed by atoms with Crippen molar-refractivity contribution < 1.29 is 4.79 Å². The lowest BCUT2D eigenvalue weighted by atomic mass is 10.1. The van der Waals surface area contributed by atoms with Crippen molar-refractivity contribution in [3.05, 3.63) is 64.6 Å². The van der Waals surface area contributed by atoms with Crippen LogP contribution in [0.3, 0.4) is 0 Å². The Balaban J connectivity index is 1.79. The number of nitrogens with one attached hydrogen (secondary N) is 1. The molecule has 1 amide bonds. The van der Waals surface area contributed by atoms with Gasteiger partial charge in [-0.25, -0.2) is 4.98 Å². The maximum atomic E-state index is 12.4. The van der Waals surface area contributed by atoms with Crippen LogP contribution in [0.15, 0.2) is 42.7 Å². The van der Waals surface area contributed by atoms with Crippen molar-refractivity contribution in [2.75, 3.05) is 5.32 Å². The lowest BCUT2D eigenvalue weighted by molar-refractivity contribution is -0.115. The van der Waals surface area contributed by atoms with E-state index in [4.69, 9.17) is 11.6 Å². The van der Waals surface area contributed by atoms with Gasteiger partial charge in [-0.05, 0) is 36.6 Å². The molecular formula is C18H18ClN3O. The second-order valence-electron chi connectivity index (χ2n) is 5.53. The molecule has 0 aliphatic carbocycles. The first-order valence-electron chi connectivity index (χ1n) is 7.58. The maximum Gasteiger partial charge on any atom is 0.230 e. The number of pyridine rings is 1. The van der Waals surface area contributed by atoms with E-state index < -0.39 is 0 Å². The number of benzene rings is 1. The van der Waals surface area contributed by atoms with Gasteiger partial charge in [0.15, 0.2) is 0 Å². The van der Waals surface area contributed by atoms with Gasteiger partial charge in [0.1, 0.15) is 5.65 Å². The first-order valence-corrected chi connectivity index (χ1v) is 7.96. The first kappa shape index (κ1) is 15.6. The number of hydrogen-bond acceptors (Lipinski definition) is 2. The molecule has 1 aromatic carbocycles. The normalized spacial score (nSPS) is 10.9. The Morgan fingerprint density at radius 1 is 1.26 bits per heavy atom. The summed E-state index contributed by atoms with van der Waals surface area (Å²) in [5.74, 6) is -0.0662. The Kier molecular flexibility index (Phi) is 4.35. The molecule has 0 saturated heterocycles. The summed E-state index contributed by atoms with van der Waals surface area (Å²) in [6.07, 6.45) is 4.72. The number of para-hydroxylation sites is 1. The minimum atomic E-state index is -0.0662. The van der Waals surface area contributed by atoms with Crippen LogP contribution in [0.25, 0.3) is 5.65 Å². The van der Waals surface area contributed by atoms with E-state index in [1.54, 1.807) is 12.3 Å². The van der Waals surface area contributed by atoms with Gasteiger partial charge in [0.05, 0.1) is 17.1 Å². The monoisotopic (exact) mass is 327 g/mol. The van der Waals surface area contributed by atoms with Crippen LogP contribution >= 0.6 is 11.6 Å². The molecular weight excluding hydrogens is 310 g/mol. The molecule has 3 aromatic rings. The molecule has 0 bridgehead atoms. The van der Waals surface area contributed by atoms with Gasteiger partial charge in [-0.1, -0.05) is 36.7 Å². The second kappa shape index (κ2) is 6.42. The molecule has 0 spiro atoms. The van der Waals surface area contributed by atoms with E-state index in [0.717, 1.165) is 34.6 Å². The second-order valence-corrected chi connectivity index (χ2v) is 5.97. The zero-order valence-corrected chi connectivity index (χ0v) is 13.9. The lowest BCUT2D eigenvalue weighted by Gasteiger charge is -2.12. The van der Waals surface area contributed by atoms with Crippen molar-refractivity contribution in [1.29, 1.82) is 0 Å². The summed E-state index contributed by atoms with van der Waals surface area (Å²) in [7, 11) is 0. The van der Waals surface area contributed by atoms with Gasteiger partial charge in [-0.15, -0.1) is 0 Å². The SMILES string of the molecule is CCc1cccc(C)c1NC(=O)Cc1cn2cc(Cl)ccc2n1. The van der Waals surface area contributed by atoms with E-state index in [2.05, 4.69) is 17.2 Å². The van der Waals surface area contributed by atoms with E-state index >= 15 is 0 Å². The number of anilines is 1. The first-order chi connectivity index (χ1) is 11.1. The highest BCUT2D eigenvalue weighted by Crippen LogP contribution is 2.21. The van der Waals surface area contributed by atoms with Crippen molar-refractivity contribution in [2.24, 2.45) is 0 Å². The highest BCUT2D eigenvalue weighted by molar-refractivity contribution is 6.30. The van der Waals surface area contributed by atoms with Crippen LogP contribution in [0, 0.1) is 6.92 Å². The van der Waals surface area contributed by atoms with Crippen LogP contribution in [-0.2, 0) is 17.6 Å². The van der Waals surface area contributed by atoms with E-state index in [0.29, 0.717) is 5.02 Å². The molecule has 2 aromatic heterocycles. The molecule has 2 heterocycles. The third-order valence-corrected chi connectivity index (χ3v) is 4.03.